The second-order valence-corrected chi connectivity index (χ2v) is 7.29. The summed E-state index contributed by atoms with van der Waals surface area (Å²) in [7, 11) is 0. The van der Waals surface area contributed by atoms with E-state index in [0.717, 1.165) is 35.0 Å². The third kappa shape index (κ3) is 3.42. The van der Waals surface area contributed by atoms with Gasteiger partial charge in [-0.05, 0) is 43.5 Å². The fourth-order valence-electron chi connectivity index (χ4n) is 2.82. The molecule has 1 aliphatic rings. The zero-order valence-electron chi connectivity index (χ0n) is 12.0. The molecule has 2 aromatic rings. The lowest BCUT2D eigenvalue weighted by Crippen LogP contribution is -2.23. The van der Waals surface area contributed by atoms with Crippen LogP contribution in [0.2, 0.25) is 10.0 Å². The molecule has 0 bridgehead atoms. The van der Waals surface area contributed by atoms with Crippen LogP contribution in [0, 0.1) is 0 Å². The van der Waals surface area contributed by atoms with Gasteiger partial charge in [-0.1, -0.05) is 36.2 Å². The summed E-state index contributed by atoms with van der Waals surface area (Å²) in [4.78, 5) is 6.25. The SMILES string of the molecule is CCNC1CCCc2nc(Cc3ccc(Cl)cc3Cl)sc21. The van der Waals surface area contributed by atoms with Crippen LogP contribution in [0.25, 0.3) is 0 Å². The molecule has 1 aromatic carbocycles. The second kappa shape index (κ2) is 6.66. The van der Waals surface area contributed by atoms with Crippen molar-refractivity contribution in [2.24, 2.45) is 0 Å². The molecule has 21 heavy (non-hydrogen) atoms. The summed E-state index contributed by atoms with van der Waals surface area (Å²) in [5, 5.41) is 6.11. The van der Waals surface area contributed by atoms with Crippen LogP contribution in [-0.4, -0.2) is 11.5 Å². The predicted molar refractivity (Wildman–Crippen MR) is 90.7 cm³/mol. The van der Waals surface area contributed by atoms with E-state index in [1.54, 1.807) is 6.07 Å². The number of fused-ring (bicyclic) bond motifs is 1. The van der Waals surface area contributed by atoms with Crippen molar-refractivity contribution in [2.45, 2.75) is 38.6 Å². The number of benzene rings is 1. The number of thiazole rings is 1. The first-order chi connectivity index (χ1) is 10.2. The minimum absolute atomic E-state index is 0.477. The van der Waals surface area contributed by atoms with Crippen LogP contribution in [0.1, 0.15) is 46.9 Å². The number of nitrogens with one attached hydrogen (secondary N) is 1. The van der Waals surface area contributed by atoms with Crippen molar-refractivity contribution < 1.29 is 0 Å². The minimum atomic E-state index is 0.477. The first-order valence-corrected chi connectivity index (χ1v) is 8.90. The van der Waals surface area contributed by atoms with Crippen molar-refractivity contribution in [3.8, 4) is 0 Å². The number of aryl methyl sites for hydroxylation is 1. The van der Waals surface area contributed by atoms with Crippen molar-refractivity contribution in [1.29, 1.82) is 0 Å². The van der Waals surface area contributed by atoms with E-state index in [1.807, 2.05) is 23.5 Å². The van der Waals surface area contributed by atoms with Gasteiger partial charge in [-0.25, -0.2) is 4.98 Å². The highest BCUT2D eigenvalue weighted by atomic mass is 35.5. The summed E-state index contributed by atoms with van der Waals surface area (Å²) >= 11 is 14.0. The van der Waals surface area contributed by atoms with Crippen molar-refractivity contribution in [2.75, 3.05) is 6.54 Å². The van der Waals surface area contributed by atoms with E-state index in [2.05, 4.69) is 12.2 Å². The number of nitrogens with zero attached hydrogens (tertiary/aromatic N) is 1. The van der Waals surface area contributed by atoms with E-state index in [9.17, 15) is 0 Å². The largest absolute Gasteiger partial charge is 0.309 e. The van der Waals surface area contributed by atoms with E-state index in [4.69, 9.17) is 28.2 Å². The standard InChI is InChI=1S/C16H18Cl2N2S/c1-2-19-13-4-3-5-14-16(13)21-15(20-14)8-10-6-7-11(17)9-12(10)18/h6-7,9,13,19H,2-5,8H2,1H3. The molecule has 0 spiro atoms. The molecule has 0 radical (unpaired) electrons. The molecule has 1 aromatic heterocycles. The van der Waals surface area contributed by atoms with Crippen LogP contribution >= 0.6 is 34.5 Å². The molecule has 1 heterocycles. The van der Waals surface area contributed by atoms with Gasteiger partial charge in [0, 0.05) is 27.4 Å². The highest BCUT2D eigenvalue weighted by Crippen LogP contribution is 2.35. The van der Waals surface area contributed by atoms with Crippen molar-refractivity contribution in [1.82, 2.24) is 10.3 Å². The van der Waals surface area contributed by atoms with Crippen molar-refractivity contribution >= 4 is 34.5 Å². The minimum Gasteiger partial charge on any atom is -0.309 e. The molecular formula is C16H18Cl2N2S. The van der Waals surface area contributed by atoms with Crippen LogP contribution in [0.15, 0.2) is 18.2 Å². The molecule has 0 aliphatic heterocycles. The molecule has 1 atom stereocenters. The molecule has 0 saturated heterocycles. The van der Waals surface area contributed by atoms with Gasteiger partial charge in [0.25, 0.3) is 0 Å². The lowest BCUT2D eigenvalue weighted by molar-refractivity contribution is 0.476. The molecule has 1 unspecified atom stereocenters. The Balaban J connectivity index is 1.84. The molecule has 1 N–H and O–H groups in total. The molecule has 2 nitrogen and oxygen atoms in total. The van der Waals surface area contributed by atoms with Gasteiger partial charge < -0.3 is 5.32 Å². The van der Waals surface area contributed by atoms with E-state index in [0.29, 0.717) is 11.1 Å². The summed E-state index contributed by atoms with van der Waals surface area (Å²) in [6.07, 6.45) is 4.31. The maximum Gasteiger partial charge on any atom is 0.0976 e. The van der Waals surface area contributed by atoms with Crippen LogP contribution in [0.4, 0.5) is 0 Å². The van der Waals surface area contributed by atoms with Gasteiger partial charge in [-0.3, -0.25) is 0 Å². The number of halogens is 2. The Labute approximate surface area is 139 Å². The Kier molecular flexibility index (Phi) is 4.85. The number of rotatable bonds is 4. The number of aromatic nitrogens is 1. The van der Waals surface area contributed by atoms with Crippen LogP contribution < -0.4 is 5.32 Å². The summed E-state index contributed by atoms with van der Waals surface area (Å²) in [5.74, 6) is 0. The molecule has 0 amide bonds. The molecule has 112 valence electrons. The Hall–Kier alpha value is -0.610. The Bertz CT molecular complexity index is 639. The third-order valence-electron chi connectivity index (χ3n) is 3.80. The van der Waals surface area contributed by atoms with Gasteiger partial charge in [0.1, 0.15) is 0 Å². The molecule has 1 aliphatic carbocycles. The zero-order chi connectivity index (χ0) is 14.8. The summed E-state index contributed by atoms with van der Waals surface area (Å²) in [6.45, 7) is 3.16. The predicted octanol–water partition coefficient (Wildman–Crippen LogP) is 5.03. The van der Waals surface area contributed by atoms with Gasteiger partial charge in [0.2, 0.25) is 0 Å². The number of hydrogen-bond acceptors (Lipinski definition) is 3. The lowest BCUT2D eigenvalue weighted by Gasteiger charge is -2.21. The quantitative estimate of drug-likeness (QED) is 0.844. The molecule has 0 fully saturated rings. The van der Waals surface area contributed by atoms with Crippen molar-refractivity contribution in [3.05, 3.63) is 49.4 Å². The van der Waals surface area contributed by atoms with Crippen LogP contribution in [0.5, 0.6) is 0 Å². The smallest absolute Gasteiger partial charge is 0.0976 e. The summed E-state index contributed by atoms with van der Waals surface area (Å²) < 4.78 is 0. The average Bonchev–Trinajstić information content (AvgIpc) is 2.86. The Morgan fingerprint density at radius 3 is 3.00 bits per heavy atom. The fraction of sp³-hybridized carbons (Fsp3) is 0.438. The fourth-order valence-corrected chi connectivity index (χ4v) is 4.54. The van der Waals surface area contributed by atoms with E-state index in [1.165, 1.54) is 23.4 Å². The van der Waals surface area contributed by atoms with Crippen LogP contribution in [-0.2, 0) is 12.8 Å². The Morgan fingerprint density at radius 2 is 2.24 bits per heavy atom. The highest BCUT2D eigenvalue weighted by molar-refractivity contribution is 7.11. The lowest BCUT2D eigenvalue weighted by atomic mass is 9.98. The van der Waals surface area contributed by atoms with E-state index < -0.39 is 0 Å². The van der Waals surface area contributed by atoms with Gasteiger partial charge in [0.05, 0.1) is 10.7 Å². The summed E-state index contributed by atoms with van der Waals surface area (Å²) in [5.41, 5.74) is 2.37. The third-order valence-corrected chi connectivity index (χ3v) is 5.60. The maximum absolute atomic E-state index is 6.26. The second-order valence-electron chi connectivity index (χ2n) is 5.33. The highest BCUT2D eigenvalue weighted by Gasteiger charge is 2.24. The van der Waals surface area contributed by atoms with Crippen molar-refractivity contribution in [3.63, 3.8) is 0 Å². The monoisotopic (exact) mass is 340 g/mol. The molecule has 3 rings (SSSR count). The van der Waals surface area contributed by atoms with Gasteiger partial charge >= 0.3 is 0 Å². The first kappa shape index (κ1) is 15.3. The summed E-state index contributed by atoms with van der Waals surface area (Å²) in [6, 6.07) is 6.16. The molecule has 0 saturated carbocycles. The van der Waals surface area contributed by atoms with Gasteiger partial charge in [-0.2, -0.15) is 0 Å². The van der Waals surface area contributed by atoms with Crippen LogP contribution in [0.3, 0.4) is 0 Å². The van der Waals surface area contributed by atoms with E-state index >= 15 is 0 Å². The normalized spacial score (nSPS) is 17.8. The topological polar surface area (TPSA) is 24.9 Å². The zero-order valence-corrected chi connectivity index (χ0v) is 14.3. The maximum atomic E-state index is 6.26. The Morgan fingerprint density at radius 1 is 1.38 bits per heavy atom. The van der Waals surface area contributed by atoms with Gasteiger partial charge in [-0.15, -0.1) is 11.3 Å². The number of hydrogen-bond donors (Lipinski definition) is 1. The van der Waals surface area contributed by atoms with Gasteiger partial charge in [0.15, 0.2) is 0 Å². The average molecular weight is 341 g/mol. The first-order valence-electron chi connectivity index (χ1n) is 7.33. The molecular weight excluding hydrogens is 323 g/mol. The van der Waals surface area contributed by atoms with E-state index in [-0.39, 0.29) is 0 Å². The molecule has 5 heteroatoms.